The predicted molar refractivity (Wildman–Crippen MR) is 91.1 cm³/mol. The molecule has 0 amide bonds. The van der Waals surface area contributed by atoms with Gasteiger partial charge in [0, 0.05) is 34.6 Å². The minimum Gasteiger partial charge on any atom is -0.361 e. The number of fused-ring (bicyclic) bond motifs is 1. The van der Waals surface area contributed by atoms with Crippen molar-refractivity contribution in [3.63, 3.8) is 0 Å². The average Bonchev–Trinajstić information content (AvgIpc) is 3.16. The van der Waals surface area contributed by atoms with E-state index < -0.39 is 0 Å². The van der Waals surface area contributed by atoms with E-state index in [0.29, 0.717) is 0 Å². The molecule has 4 aromatic rings. The van der Waals surface area contributed by atoms with Crippen molar-refractivity contribution >= 4 is 22.7 Å². The molecule has 3 nitrogen and oxygen atoms in total. The fourth-order valence-electron chi connectivity index (χ4n) is 2.64. The standard InChI is InChI=1S/C18H15N3S/c1-21-17(15-8-5-9-16-14(15)10-11-19-16)12-20-18(21)22-13-6-3-2-4-7-13/h2-12,19H,1H3. The molecular formula is C18H15N3S. The number of rotatable bonds is 3. The number of nitrogens with zero attached hydrogens (tertiary/aromatic N) is 2. The van der Waals surface area contributed by atoms with Gasteiger partial charge in [0.25, 0.3) is 0 Å². The van der Waals surface area contributed by atoms with Gasteiger partial charge in [0.2, 0.25) is 0 Å². The van der Waals surface area contributed by atoms with Crippen molar-refractivity contribution in [2.24, 2.45) is 7.05 Å². The maximum absolute atomic E-state index is 4.59. The fourth-order valence-corrected chi connectivity index (χ4v) is 3.49. The fraction of sp³-hybridized carbons (Fsp3) is 0.0556. The van der Waals surface area contributed by atoms with Crippen LogP contribution in [0, 0.1) is 0 Å². The quantitative estimate of drug-likeness (QED) is 0.594. The van der Waals surface area contributed by atoms with E-state index in [9.17, 15) is 0 Å². The molecule has 0 spiro atoms. The maximum Gasteiger partial charge on any atom is 0.173 e. The number of nitrogens with one attached hydrogen (secondary N) is 1. The van der Waals surface area contributed by atoms with Crippen molar-refractivity contribution in [1.82, 2.24) is 14.5 Å². The molecule has 0 unspecified atom stereocenters. The second-order valence-corrected chi connectivity index (χ2v) is 6.19. The third-order valence-corrected chi connectivity index (χ3v) is 4.84. The average molecular weight is 305 g/mol. The zero-order valence-electron chi connectivity index (χ0n) is 12.2. The molecule has 0 radical (unpaired) electrons. The van der Waals surface area contributed by atoms with Crippen molar-refractivity contribution in [2.75, 3.05) is 0 Å². The van der Waals surface area contributed by atoms with Gasteiger partial charge in [0.15, 0.2) is 5.16 Å². The molecule has 0 aliphatic rings. The highest BCUT2D eigenvalue weighted by molar-refractivity contribution is 7.99. The van der Waals surface area contributed by atoms with Crippen LogP contribution >= 0.6 is 11.8 Å². The largest absolute Gasteiger partial charge is 0.361 e. The Labute approximate surface area is 133 Å². The lowest BCUT2D eigenvalue weighted by Crippen LogP contribution is -1.94. The molecule has 2 heterocycles. The summed E-state index contributed by atoms with van der Waals surface area (Å²) in [6.07, 6.45) is 3.93. The molecule has 0 saturated heterocycles. The molecule has 4 heteroatoms. The first-order valence-corrected chi connectivity index (χ1v) is 7.96. The monoisotopic (exact) mass is 305 g/mol. The van der Waals surface area contributed by atoms with Crippen LogP contribution in [0.15, 0.2) is 77.0 Å². The number of H-pyrrole nitrogens is 1. The van der Waals surface area contributed by atoms with Gasteiger partial charge >= 0.3 is 0 Å². The first kappa shape index (κ1) is 13.2. The van der Waals surface area contributed by atoms with E-state index in [1.807, 2.05) is 30.6 Å². The van der Waals surface area contributed by atoms with Crippen molar-refractivity contribution in [3.8, 4) is 11.3 Å². The number of aromatic amines is 1. The Kier molecular flexibility index (Phi) is 3.24. The Hall–Kier alpha value is -2.46. The van der Waals surface area contributed by atoms with Crippen molar-refractivity contribution < 1.29 is 0 Å². The molecule has 0 saturated carbocycles. The van der Waals surface area contributed by atoms with E-state index >= 15 is 0 Å². The molecule has 4 rings (SSSR count). The maximum atomic E-state index is 4.59. The van der Waals surface area contributed by atoms with Crippen LogP contribution in [-0.2, 0) is 7.05 Å². The smallest absolute Gasteiger partial charge is 0.173 e. The molecule has 0 aliphatic carbocycles. The Bertz CT molecular complexity index is 922. The summed E-state index contributed by atoms with van der Waals surface area (Å²) in [5, 5.41) is 2.22. The number of aromatic nitrogens is 3. The predicted octanol–water partition coefficient (Wildman–Crippen LogP) is 4.72. The zero-order chi connectivity index (χ0) is 14.9. The highest BCUT2D eigenvalue weighted by atomic mass is 32.2. The number of hydrogen-bond acceptors (Lipinski definition) is 2. The van der Waals surface area contributed by atoms with E-state index in [4.69, 9.17) is 0 Å². The van der Waals surface area contributed by atoms with Crippen LogP contribution in [0.25, 0.3) is 22.2 Å². The minimum absolute atomic E-state index is 0.994. The molecular weight excluding hydrogens is 290 g/mol. The zero-order valence-corrected chi connectivity index (χ0v) is 13.0. The molecule has 2 aromatic carbocycles. The van der Waals surface area contributed by atoms with Gasteiger partial charge in [-0.25, -0.2) is 4.98 Å². The highest BCUT2D eigenvalue weighted by Crippen LogP contribution is 2.32. The topological polar surface area (TPSA) is 33.6 Å². The van der Waals surface area contributed by atoms with Crippen LogP contribution in [0.1, 0.15) is 0 Å². The summed E-state index contributed by atoms with van der Waals surface area (Å²) in [5.41, 5.74) is 3.48. The van der Waals surface area contributed by atoms with Crippen LogP contribution in [-0.4, -0.2) is 14.5 Å². The number of imidazole rings is 1. The van der Waals surface area contributed by atoms with E-state index in [2.05, 4.69) is 58.0 Å². The van der Waals surface area contributed by atoms with Gasteiger partial charge in [-0.2, -0.15) is 0 Å². The second kappa shape index (κ2) is 5.39. The first-order chi connectivity index (χ1) is 10.8. The van der Waals surface area contributed by atoms with E-state index in [-0.39, 0.29) is 0 Å². The van der Waals surface area contributed by atoms with Crippen molar-refractivity contribution in [2.45, 2.75) is 10.1 Å². The lowest BCUT2D eigenvalue weighted by molar-refractivity contribution is 0.797. The normalized spacial score (nSPS) is 11.1. The summed E-state index contributed by atoms with van der Waals surface area (Å²) in [7, 11) is 2.07. The van der Waals surface area contributed by atoms with Crippen LogP contribution < -0.4 is 0 Å². The summed E-state index contributed by atoms with van der Waals surface area (Å²) in [4.78, 5) is 9.05. The Morgan fingerprint density at radius 1 is 1.00 bits per heavy atom. The van der Waals surface area contributed by atoms with E-state index in [1.54, 1.807) is 11.8 Å². The third kappa shape index (κ3) is 2.22. The summed E-state index contributed by atoms with van der Waals surface area (Å²) in [5.74, 6) is 0. The second-order valence-electron chi connectivity index (χ2n) is 5.14. The van der Waals surface area contributed by atoms with E-state index in [1.165, 1.54) is 15.8 Å². The molecule has 108 valence electrons. The molecule has 2 aromatic heterocycles. The first-order valence-electron chi connectivity index (χ1n) is 7.14. The molecule has 0 atom stereocenters. The minimum atomic E-state index is 0.994. The van der Waals surface area contributed by atoms with Gasteiger partial charge < -0.3 is 9.55 Å². The molecule has 0 aliphatic heterocycles. The SMILES string of the molecule is Cn1c(-c2cccc3[nH]ccc23)cnc1Sc1ccccc1. The van der Waals surface area contributed by atoms with Crippen LogP contribution in [0.5, 0.6) is 0 Å². The van der Waals surface area contributed by atoms with Gasteiger partial charge in [0.1, 0.15) is 0 Å². The molecule has 0 fully saturated rings. The number of benzene rings is 2. The van der Waals surface area contributed by atoms with Gasteiger partial charge in [-0.05, 0) is 24.3 Å². The third-order valence-electron chi connectivity index (χ3n) is 3.77. The molecule has 1 N–H and O–H groups in total. The van der Waals surface area contributed by atoms with Gasteiger partial charge in [0.05, 0.1) is 11.9 Å². The summed E-state index contributed by atoms with van der Waals surface area (Å²) in [6, 6.07) is 18.8. The molecule has 22 heavy (non-hydrogen) atoms. The highest BCUT2D eigenvalue weighted by Gasteiger charge is 2.12. The summed E-state index contributed by atoms with van der Waals surface area (Å²) in [6.45, 7) is 0. The van der Waals surface area contributed by atoms with Crippen LogP contribution in [0.2, 0.25) is 0 Å². The lowest BCUT2D eigenvalue weighted by atomic mass is 10.1. The van der Waals surface area contributed by atoms with Crippen LogP contribution in [0.3, 0.4) is 0 Å². The summed E-state index contributed by atoms with van der Waals surface area (Å²) >= 11 is 1.68. The Morgan fingerprint density at radius 3 is 2.73 bits per heavy atom. The van der Waals surface area contributed by atoms with Crippen molar-refractivity contribution in [3.05, 3.63) is 67.0 Å². The van der Waals surface area contributed by atoms with Crippen LogP contribution in [0.4, 0.5) is 0 Å². The lowest BCUT2D eigenvalue weighted by Gasteiger charge is -2.07. The van der Waals surface area contributed by atoms with Crippen molar-refractivity contribution in [1.29, 1.82) is 0 Å². The van der Waals surface area contributed by atoms with Gasteiger partial charge in [-0.3, -0.25) is 0 Å². The van der Waals surface area contributed by atoms with Gasteiger partial charge in [-0.15, -0.1) is 0 Å². The molecule has 0 bridgehead atoms. The van der Waals surface area contributed by atoms with Gasteiger partial charge in [-0.1, -0.05) is 42.1 Å². The Morgan fingerprint density at radius 2 is 1.86 bits per heavy atom. The summed E-state index contributed by atoms with van der Waals surface area (Å²) < 4.78 is 2.15. The van der Waals surface area contributed by atoms with E-state index in [0.717, 1.165) is 16.4 Å². The Balaban J connectivity index is 1.77. The number of hydrogen-bond donors (Lipinski definition) is 1.